The van der Waals surface area contributed by atoms with Crippen LogP contribution in [0.3, 0.4) is 0 Å². The van der Waals surface area contributed by atoms with E-state index in [0.717, 1.165) is 24.1 Å². The van der Waals surface area contributed by atoms with E-state index < -0.39 is 5.97 Å². The van der Waals surface area contributed by atoms with E-state index in [-0.39, 0.29) is 18.0 Å². The first-order valence-electron chi connectivity index (χ1n) is 11.2. The number of rotatable bonds is 5. The quantitative estimate of drug-likeness (QED) is 0.352. The number of aryl methyl sites for hydroxylation is 1. The Hall–Kier alpha value is -3.24. The van der Waals surface area contributed by atoms with Crippen molar-refractivity contribution in [3.8, 4) is 0 Å². The zero-order valence-electron chi connectivity index (χ0n) is 18.9. The number of hydrogen-bond acceptors (Lipinski definition) is 4. The van der Waals surface area contributed by atoms with Crippen molar-refractivity contribution < 1.29 is 9.63 Å². The predicted molar refractivity (Wildman–Crippen MR) is 129 cm³/mol. The summed E-state index contributed by atoms with van der Waals surface area (Å²) >= 11 is 0. The van der Waals surface area contributed by atoms with Crippen LogP contribution >= 0.6 is 0 Å². The van der Waals surface area contributed by atoms with Crippen LogP contribution in [-0.4, -0.2) is 23.6 Å². The van der Waals surface area contributed by atoms with E-state index in [1.165, 1.54) is 11.1 Å². The average molecular weight is 427 g/mol. The number of oxime groups is 1. The lowest BCUT2D eigenvalue weighted by molar-refractivity contribution is 0.0497. The molecule has 0 spiro atoms. The first-order chi connectivity index (χ1) is 15.6. The van der Waals surface area contributed by atoms with Gasteiger partial charge in [0.2, 0.25) is 0 Å². The highest BCUT2D eigenvalue weighted by Gasteiger charge is 2.40. The molecule has 0 saturated carbocycles. The standard InChI is InChI=1S/C28H30N2O2/c1-4-24-25(29-32-28(31)23-17-11-12-20(2)18-23)19-26(21-13-7-5-8-14-21)30(3)27(24)22-15-9-6-10-16-22/h5-18,24,26-27H,4,19H2,1-3H3/b29-25+/t24-,26+,27+/m0/s1. The summed E-state index contributed by atoms with van der Waals surface area (Å²) in [5.74, 6) is -0.254. The number of benzene rings is 3. The second-order valence-corrected chi connectivity index (χ2v) is 8.50. The van der Waals surface area contributed by atoms with Crippen molar-refractivity contribution in [3.63, 3.8) is 0 Å². The number of nitrogens with zero attached hydrogens (tertiary/aromatic N) is 2. The van der Waals surface area contributed by atoms with E-state index in [0.29, 0.717) is 5.56 Å². The predicted octanol–water partition coefficient (Wildman–Crippen LogP) is 6.35. The summed E-state index contributed by atoms with van der Waals surface area (Å²) < 4.78 is 0. The number of carbonyl (C=O) groups excluding carboxylic acids is 1. The van der Waals surface area contributed by atoms with Gasteiger partial charge in [0.25, 0.3) is 0 Å². The van der Waals surface area contributed by atoms with Crippen LogP contribution in [0.1, 0.15) is 58.9 Å². The van der Waals surface area contributed by atoms with Crippen molar-refractivity contribution in [3.05, 3.63) is 107 Å². The van der Waals surface area contributed by atoms with Crippen molar-refractivity contribution in [2.24, 2.45) is 11.1 Å². The molecule has 164 valence electrons. The van der Waals surface area contributed by atoms with Crippen molar-refractivity contribution in [1.29, 1.82) is 0 Å². The lowest BCUT2D eigenvalue weighted by Gasteiger charge is -2.45. The molecule has 0 aromatic heterocycles. The Morgan fingerprint density at radius 2 is 1.62 bits per heavy atom. The largest absolute Gasteiger partial charge is 0.365 e. The van der Waals surface area contributed by atoms with E-state index in [4.69, 9.17) is 4.84 Å². The van der Waals surface area contributed by atoms with Crippen LogP contribution in [0.2, 0.25) is 0 Å². The van der Waals surface area contributed by atoms with Crippen LogP contribution in [0.5, 0.6) is 0 Å². The molecular weight excluding hydrogens is 396 g/mol. The minimum Gasteiger partial charge on any atom is -0.313 e. The van der Waals surface area contributed by atoms with Crippen LogP contribution in [0.25, 0.3) is 0 Å². The van der Waals surface area contributed by atoms with E-state index in [1.807, 2.05) is 37.3 Å². The second-order valence-electron chi connectivity index (χ2n) is 8.50. The third-order valence-corrected chi connectivity index (χ3v) is 6.41. The molecule has 0 aliphatic carbocycles. The number of hydrogen-bond donors (Lipinski definition) is 0. The maximum absolute atomic E-state index is 12.7. The highest BCUT2D eigenvalue weighted by atomic mass is 16.7. The number of piperidine rings is 1. The summed E-state index contributed by atoms with van der Waals surface area (Å²) in [6.07, 6.45) is 1.63. The van der Waals surface area contributed by atoms with Crippen LogP contribution in [0, 0.1) is 12.8 Å². The summed E-state index contributed by atoms with van der Waals surface area (Å²) in [7, 11) is 2.19. The molecular formula is C28H30N2O2. The molecule has 0 bridgehead atoms. The summed E-state index contributed by atoms with van der Waals surface area (Å²) in [5.41, 5.74) is 4.97. The molecule has 0 amide bonds. The van der Waals surface area contributed by atoms with Gasteiger partial charge in [-0.3, -0.25) is 4.90 Å². The average Bonchev–Trinajstić information content (AvgIpc) is 2.83. The Balaban J connectivity index is 1.69. The molecule has 0 radical (unpaired) electrons. The van der Waals surface area contributed by atoms with Crippen LogP contribution in [0.15, 0.2) is 90.1 Å². The van der Waals surface area contributed by atoms with Gasteiger partial charge in [0, 0.05) is 24.4 Å². The molecule has 3 aromatic rings. The van der Waals surface area contributed by atoms with E-state index >= 15 is 0 Å². The van der Waals surface area contributed by atoms with Gasteiger partial charge in [-0.2, -0.15) is 0 Å². The highest BCUT2D eigenvalue weighted by molar-refractivity contribution is 5.92. The molecule has 0 N–H and O–H groups in total. The molecule has 1 saturated heterocycles. The van der Waals surface area contributed by atoms with Crippen molar-refractivity contribution in [1.82, 2.24) is 4.90 Å². The molecule has 1 heterocycles. The molecule has 4 rings (SSSR count). The lowest BCUT2D eigenvalue weighted by Crippen LogP contribution is -2.43. The van der Waals surface area contributed by atoms with Crippen molar-refractivity contribution in [2.45, 2.75) is 38.8 Å². The molecule has 4 nitrogen and oxygen atoms in total. The molecule has 4 heteroatoms. The maximum atomic E-state index is 12.7. The van der Waals surface area contributed by atoms with Gasteiger partial charge in [0.05, 0.1) is 11.3 Å². The Kier molecular flexibility index (Phi) is 6.81. The smallest absolute Gasteiger partial charge is 0.313 e. The normalized spacial score (nSPS) is 22.6. The summed E-state index contributed by atoms with van der Waals surface area (Å²) in [5, 5.41) is 4.47. The third-order valence-electron chi connectivity index (χ3n) is 6.41. The van der Waals surface area contributed by atoms with Crippen molar-refractivity contribution >= 4 is 11.7 Å². The fraction of sp³-hybridized carbons (Fsp3) is 0.286. The zero-order valence-corrected chi connectivity index (χ0v) is 18.9. The first-order valence-corrected chi connectivity index (χ1v) is 11.2. The van der Waals surface area contributed by atoms with E-state index in [2.05, 4.69) is 72.6 Å². The Morgan fingerprint density at radius 1 is 0.969 bits per heavy atom. The molecule has 1 aliphatic heterocycles. The molecule has 32 heavy (non-hydrogen) atoms. The van der Waals surface area contributed by atoms with Crippen LogP contribution in [0.4, 0.5) is 0 Å². The molecule has 1 aliphatic rings. The van der Waals surface area contributed by atoms with E-state index in [9.17, 15) is 4.79 Å². The van der Waals surface area contributed by atoms with Gasteiger partial charge in [-0.25, -0.2) is 4.79 Å². The van der Waals surface area contributed by atoms with Gasteiger partial charge in [0.1, 0.15) is 0 Å². The van der Waals surface area contributed by atoms with Gasteiger partial charge in [0.15, 0.2) is 0 Å². The molecule has 3 atom stereocenters. The Labute approximate surface area is 190 Å². The van der Waals surface area contributed by atoms with E-state index in [1.54, 1.807) is 6.07 Å². The fourth-order valence-electron chi connectivity index (χ4n) is 4.79. The zero-order chi connectivity index (χ0) is 22.5. The highest BCUT2D eigenvalue weighted by Crippen LogP contribution is 2.43. The Morgan fingerprint density at radius 3 is 2.25 bits per heavy atom. The Bertz CT molecular complexity index is 1080. The summed E-state index contributed by atoms with van der Waals surface area (Å²) in [4.78, 5) is 20.6. The van der Waals surface area contributed by atoms with Gasteiger partial charge >= 0.3 is 5.97 Å². The number of likely N-dealkylation sites (tertiary alicyclic amines) is 1. The van der Waals surface area contributed by atoms with Gasteiger partial charge in [-0.15, -0.1) is 0 Å². The molecule has 1 fully saturated rings. The van der Waals surface area contributed by atoms with Gasteiger partial charge in [-0.1, -0.05) is 90.4 Å². The summed E-state index contributed by atoms with van der Waals surface area (Å²) in [6.45, 7) is 4.14. The van der Waals surface area contributed by atoms with Crippen LogP contribution < -0.4 is 0 Å². The third kappa shape index (κ3) is 4.66. The van der Waals surface area contributed by atoms with Gasteiger partial charge < -0.3 is 4.84 Å². The minimum absolute atomic E-state index is 0.150. The SMILES string of the molecule is CC[C@H]1/C(=N/OC(=O)c2cccc(C)c2)C[C@H](c2ccccc2)N(C)[C@@H]1c1ccccc1. The van der Waals surface area contributed by atoms with Gasteiger partial charge in [-0.05, 0) is 43.7 Å². The summed E-state index contributed by atoms with van der Waals surface area (Å²) in [6, 6.07) is 28.8. The van der Waals surface area contributed by atoms with Crippen molar-refractivity contribution in [2.75, 3.05) is 7.05 Å². The monoisotopic (exact) mass is 426 g/mol. The van der Waals surface area contributed by atoms with Crippen LogP contribution in [-0.2, 0) is 4.84 Å². The minimum atomic E-state index is -0.414. The second kappa shape index (κ2) is 9.92. The molecule has 0 unspecified atom stereocenters. The fourth-order valence-corrected chi connectivity index (χ4v) is 4.79. The first kappa shape index (κ1) is 22.0. The maximum Gasteiger partial charge on any atom is 0.365 e. The number of carbonyl (C=O) groups is 1. The lowest BCUT2D eigenvalue weighted by atomic mass is 9.77. The molecule has 3 aromatic carbocycles. The topological polar surface area (TPSA) is 41.9 Å².